The van der Waals surface area contributed by atoms with Crippen LogP contribution in [-0.2, 0) is 28.4 Å². The Hall–Kier alpha value is -3.47. The Kier molecular flexibility index (Phi) is 9.83. The Bertz CT molecular complexity index is 1620. The van der Waals surface area contributed by atoms with Gasteiger partial charge in [0.05, 0.1) is 30.5 Å². The number of pyridine rings is 2. The van der Waals surface area contributed by atoms with Crippen molar-refractivity contribution in [1.29, 1.82) is 0 Å². The molecule has 2 fully saturated rings. The van der Waals surface area contributed by atoms with Crippen LogP contribution >= 0.6 is 0 Å². The normalized spacial score (nSPS) is 18.3. The minimum Gasteiger partial charge on any atom is -0.491 e. The first-order valence-electron chi connectivity index (χ1n) is 13.6. The zero-order chi connectivity index (χ0) is 31.5. The van der Waals surface area contributed by atoms with Crippen LogP contribution in [0.4, 0.5) is 13.2 Å². The molecule has 0 spiro atoms. The first-order chi connectivity index (χ1) is 20.2. The van der Waals surface area contributed by atoms with E-state index in [1.165, 1.54) is 17.1 Å². The maximum atomic E-state index is 13.0. The van der Waals surface area contributed by atoms with E-state index >= 15 is 0 Å². The monoisotopic (exact) mass is 629 g/mol. The topological polar surface area (TPSA) is 161 Å². The van der Waals surface area contributed by atoms with E-state index in [9.17, 15) is 26.4 Å². The Labute approximate surface area is 245 Å². The number of hydrogen-bond donors (Lipinski definition) is 2. The lowest BCUT2D eigenvalue weighted by Gasteiger charge is -2.38. The number of furan rings is 1. The molecule has 3 N–H and O–H groups in total. The van der Waals surface area contributed by atoms with Gasteiger partial charge in [-0.1, -0.05) is 0 Å². The van der Waals surface area contributed by atoms with Gasteiger partial charge in [0.1, 0.15) is 17.1 Å². The lowest BCUT2D eigenvalue weighted by molar-refractivity contribution is -0.192. The number of nitrogens with two attached hydrogens (primary N) is 1. The van der Waals surface area contributed by atoms with Crippen molar-refractivity contribution in [2.24, 2.45) is 18.7 Å². The molecule has 2 aliphatic rings. The lowest BCUT2D eigenvalue weighted by atomic mass is 10.1. The molecule has 1 aliphatic heterocycles. The zero-order valence-electron chi connectivity index (χ0n) is 23.7. The molecule has 1 atom stereocenters. The van der Waals surface area contributed by atoms with Crippen LogP contribution in [0.2, 0.25) is 0 Å². The first-order valence-corrected chi connectivity index (χ1v) is 15.2. The predicted molar refractivity (Wildman–Crippen MR) is 151 cm³/mol. The zero-order valence-corrected chi connectivity index (χ0v) is 24.5. The fraction of sp³-hybridized carbons (Fsp3) is 0.519. The van der Waals surface area contributed by atoms with Crippen molar-refractivity contribution in [3.05, 3.63) is 46.8 Å². The van der Waals surface area contributed by atoms with E-state index in [1.54, 1.807) is 36.3 Å². The number of hydrogen-bond acceptors (Lipinski definition) is 9. The van der Waals surface area contributed by atoms with Crippen LogP contribution in [-0.4, -0.2) is 89.0 Å². The fourth-order valence-corrected chi connectivity index (χ4v) is 6.07. The molecular weight excluding hydrogens is 595 g/mol. The standard InChI is InChI=1S/C25H33N5O5S.C2HF3O2/c1-17-13-30(36(32,33)10-6-26)9-8-29(17)14-19-11-21-24(35-19)22(15-28(2)25(21)31)20-5-7-27-12-23(20)34-16-18-3-4-18;3-2(4,5)1(6)7/h5,7,11-12,15,17-18H,3-4,6,8-10,13-14,16,26H2,1-2H3;(H,6,7)/t17-;/m1./s1. The van der Waals surface area contributed by atoms with E-state index in [4.69, 9.17) is 24.8 Å². The van der Waals surface area contributed by atoms with Crippen LogP contribution in [0.25, 0.3) is 22.1 Å². The summed E-state index contributed by atoms with van der Waals surface area (Å²) in [5, 5.41) is 7.63. The van der Waals surface area contributed by atoms with Gasteiger partial charge in [-0.25, -0.2) is 13.2 Å². The lowest BCUT2D eigenvalue weighted by Crippen LogP contribution is -2.53. The summed E-state index contributed by atoms with van der Waals surface area (Å²) in [5.74, 6) is -0.870. The van der Waals surface area contributed by atoms with Gasteiger partial charge < -0.3 is 24.6 Å². The van der Waals surface area contributed by atoms with Crippen LogP contribution in [0.5, 0.6) is 5.75 Å². The highest BCUT2D eigenvalue weighted by Gasteiger charge is 2.38. The molecule has 1 aliphatic carbocycles. The number of ether oxygens (including phenoxy) is 1. The number of halogens is 3. The fourth-order valence-electron chi connectivity index (χ4n) is 4.71. The molecule has 3 aromatic heterocycles. The molecule has 0 radical (unpaired) electrons. The average Bonchev–Trinajstić information content (AvgIpc) is 3.68. The summed E-state index contributed by atoms with van der Waals surface area (Å²) in [6.45, 7) is 4.60. The number of carbonyl (C=O) groups is 1. The van der Waals surface area contributed by atoms with E-state index in [0.717, 1.165) is 11.1 Å². The van der Waals surface area contributed by atoms with Crippen molar-refractivity contribution >= 4 is 27.0 Å². The van der Waals surface area contributed by atoms with Crippen LogP contribution in [0.3, 0.4) is 0 Å². The summed E-state index contributed by atoms with van der Waals surface area (Å²) >= 11 is 0. The van der Waals surface area contributed by atoms with Gasteiger partial charge in [-0.05, 0) is 37.8 Å². The van der Waals surface area contributed by atoms with Crippen molar-refractivity contribution in [3.8, 4) is 16.9 Å². The predicted octanol–water partition coefficient (Wildman–Crippen LogP) is 2.41. The summed E-state index contributed by atoms with van der Waals surface area (Å²) < 4.78 is 72.0. The number of alkyl halides is 3. The van der Waals surface area contributed by atoms with Crippen LogP contribution < -0.4 is 16.0 Å². The van der Waals surface area contributed by atoms with Gasteiger partial charge in [0.15, 0.2) is 0 Å². The largest absolute Gasteiger partial charge is 0.491 e. The smallest absolute Gasteiger partial charge is 0.490 e. The highest BCUT2D eigenvalue weighted by atomic mass is 32.2. The highest BCUT2D eigenvalue weighted by molar-refractivity contribution is 7.89. The minimum atomic E-state index is -5.08. The maximum Gasteiger partial charge on any atom is 0.490 e. The molecule has 1 saturated carbocycles. The molecule has 1 saturated heterocycles. The number of aliphatic carboxylic acids is 1. The van der Waals surface area contributed by atoms with Gasteiger partial charge in [-0.2, -0.15) is 17.5 Å². The SMILES string of the molecule is C[C@@H]1CN(S(=O)(=O)CCN)CCN1Cc1cc2c(=O)n(C)cc(-c3ccncc3OCC3CC3)c2o1.O=C(O)C(F)(F)F. The van der Waals surface area contributed by atoms with Gasteiger partial charge in [-0.15, -0.1) is 0 Å². The Morgan fingerprint density at radius 2 is 1.95 bits per heavy atom. The Balaban J connectivity index is 0.000000541. The highest BCUT2D eigenvalue weighted by Crippen LogP contribution is 2.37. The number of fused-ring (bicyclic) bond motifs is 1. The quantitative estimate of drug-likeness (QED) is 0.360. The van der Waals surface area contributed by atoms with E-state index in [1.807, 2.05) is 13.0 Å². The molecule has 0 bridgehead atoms. The summed E-state index contributed by atoms with van der Waals surface area (Å²) in [6.07, 6.45) is 2.49. The number of aryl methyl sites for hydroxylation is 1. The molecule has 12 nitrogen and oxygen atoms in total. The number of carboxylic acids is 1. The van der Waals surface area contributed by atoms with Gasteiger partial charge in [-0.3, -0.25) is 14.7 Å². The van der Waals surface area contributed by atoms with Crippen molar-refractivity contribution in [2.45, 2.75) is 38.5 Å². The summed E-state index contributed by atoms with van der Waals surface area (Å²) in [7, 11) is -1.61. The second-order valence-corrected chi connectivity index (χ2v) is 12.7. The van der Waals surface area contributed by atoms with Gasteiger partial charge in [0, 0.05) is 62.8 Å². The van der Waals surface area contributed by atoms with E-state index < -0.39 is 22.2 Å². The third kappa shape index (κ3) is 7.93. The molecule has 236 valence electrons. The number of piperazine rings is 1. The van der Waals surface area contributed by atoms with Crippen molar-refractivity contribution in [2.75, 3.05) is 38.5 Å². The number of sulfonamides is 1. The minimum absolute atomic E-state index is 0.00978. The number of carboxylic acid groups (broad SMARTS) is 1. The molecular formula is C27H34F3N5O7S. The average molecular weight is 630 g/mol. The summed E-state index contributed by atoms with van der Waals surface area (Å²) in [4.78, 5) is 28.3. The van der Waals surface area contributed by atoms with Gasteiger partial charge in [0.25, 0.3) is 5.56 Å². The second-order valence-electron chi connectivity index (χ2n) is 10.6. The van der Waals surface area contributed by atoms with Crippen molar-refractivity contribution in [3.63, 3.8) is 0 Å². The molecule has 0 unspecified atom stereocenters. The number of nitrogens with zero attached hydrogens (tertiary/aromatic N) is 4. The molecule has 3 aromatic rings. The molecule has 43 heavy (non-hydrogen) atoms. The number of aromatic nitrogens is 2. The van der Waals surface area contributed by atoms with Crippen LogP contribution in [0.15, 0.2) is 39.9 Å². The van der Waals surface area contributed by atoms with Crippen LogP contribution in [0, 0.1) is 5.92 Å². The third-order valence-corrected chi connectivity index (χ3v) is 9.12. The maximum absolute atomic E-state index is 13.0. The molecule has 5 rings (SSSR count). The molecule has 16 heteroatoms. The molecule has 4 heterocycles. The summed E-state index contributed by atoms with van der Waals surface area (Å²) in [5.41, 5.74) is 7.47. The van der Waals surface area contributed by atoms with Gasteiger partial charge >= 0.3 is 12.1 Å². The third-order valence-electron chi connectivity index (χ3n) is 7.25. The Morgan fingerprint density at radius 3 is 2.56 bits per heavy atom. The molecule has 0 aromatic carbocycles. The van der Waals surface area contributed by atoms with Crippen LogP contribution in [0.1, 0.15) is 25.5 Å². The van der Waals surface area contributed by atoms with E-state index in [0.29, 0.717) is 61.2 Å². The van der Waals surface area contributed by atoms with Crippen molar-refractivity contribution < 1.29 is 40.6 Å². The van der Waals surface area contributed by atoms with E-state index in [-0.39, 0.29) is 23.9 Å². The van der Waals surface area contributed by atoms with Gasteiger partial charge in [0.2, 0.25) is 10.0 Å². The van der Waals surface area contributed by atoms with Crippen molar-refractivity contribution in [1.82, 2.24) is 18.8 Å². The van der Waals surface area contributed by atoms with E-state index in [2.05, 4.69) is 9.88 Å². The molecule has 0 amide bonds. The Morgan fingerprint density at radius 1 is 1.26 bits per heavy atom. The first kappa shape index (κ1) is 32.4. The second kappa shape index (κ2) is 13.0. The summed E-state index contributed by atoms with van der Waals surface area (Å²) in [6, 6.07) is 3.67. The number of rotatable bonds is 9.